The standard InChI is InChI=1S/C18H17F3N2O4/c1-10-8-14(11(2)26-10)16(24)22-15-6-7-23(17(15)25)12-4-3-5-13(9-12)27-18(19,20)21/h3-5,8-9,15H,6-7H2,1-2H3,(H,22,24). The highest BCUT2D eigenvalue weighted by Gasteiger charge is 2.35. The Bertz CT molecular complexity index is 876. The van der Waals surface area contributed by atoms with Crippen LogP contribution < -0.4 is 15.0 Å². The van der Waals surface area contributed by atoms with Crippen LogP contribution in [0.3, 0.4) is 0 Å². The Morgan fingerprint density at radius 3 is 2.67 bits per heavy atom. The molecule has 1 aliphatic heterocycles. The Morgan fingerprint density at radius 2 is 2.04 bits per heavy atom. The van der Waals surface area contributed by atoms with E-state index in [2.05, 4.69) is 10.1 Å². The molecule has 6 nitrogen and oxygen atoms in total. The van der Waals surface area contributed by atoms with Crippen LogP contribution in [-0.2, 0) is 4.79 Å². The minimum atomic E-state index is -4.81. The highest BCUT2D eigenvalue weighted by atomic mass is 19.4. The number of hydrogen-bond donors (Lipinski definition) is 1. The molecule has 1 fully saturated rings. The van der Waals surface area contributed by atoms with Crippen molar-refractivity contribution in [3.05, 3.63) is 47.4 Å². The van der Waals surface area contributed by atoms with Crippen molar-refractivity contribution in [2.75, 3.05) is 11.4 Å². The summed E-state index contributed by atoms with van der Waals surface area (Å²) in [6, 6.07) is 5.99. The van der Waals surface area contributed by atoms with Crippen molar-refractivity contribution in [1.29, 1.82) is 0 Å². The molecule has 2 amide bonds. The number of hydrogen-bond acceptors (Lipinski definition) is 4. The van der Waals surface area contributed by atoms with Crippen molar-refractivity contribution < 1.29 is 31.9 Å². The third kappa shape index (κ3) is 4.24. The van der Waals surface area contributed by atoms with Crippen LogP contribution in [0.4, 0.5) is 18.9 Å². The Kier molecular flexibility index (Phi) is 4.86. The Morgan fingerprint density at radius 1 is 1.30 bits per heavy atom. The first-order valence-electron chi connectivity index (χ1n) is 8.19. The number of halogens is 3. The van der Waals surface area contributed by atoms with Gasteiger partial charge in [0.05, 0.1) is 5.56 Å². The lowest BCUT2D eigenvalue weighted by molar-refractivity contribution is -0.274. The fraction of sp³-hybridized carbons (Fsp3) is 0.333. The number of carbonyl (C=O) groups is 2. The van der Waals surface area contributed by atoms with E-state index < -0.39 is 30.0 Å². The van der Waals surface area contributed by atoms with Crippen molar-refractivity contribution in [2.45, 2.75) is 32.7 Å². The average molecular weight is 382 g/mol. The second-order valence-electron chi connectivity index (χ2n) is 6.18. The first-order chi connectivity index (χ1) is 12.6. The number of ether oxygens (including phenoxy) is 1. The van der Waals surface area contributed by atoms with E-state index in [-0.39, 0.29) is 12.2 Å². The summed E-state index contributed by atoms with van der Waals surface area (Å²) in [5.74, 6) is -0.211. The van der Waals surface area contributed by atoms with Crippen molar-refractivity contribution in [3.63, 3.8) is 0 Å². The van der Waals surface area contributed by atoms with Crippen molar-refractivity contribution >= 4 is 17.5 Å². The zero-order valence-corrected chi connectivity index (χ0v) is 14.6. The lowest BCUT2D eigenvalue weighted by atomic mass is 10.2. The summed E-state index contributed by atoms with van der Waals surface area (Å²) < 4.78 is 46.3. The summed E-state index contributed by atoms with van der Waals surface area (Å²) in [4.78, 5) is 26.3. The summed E-state index contributed by atoms with van der Waals surface area (Å²) in [5, 5.41) is 2.65. The molecule has 1 aromatic heterocycles. The number of alkyl halides is 3. The fourth-order valence-electron chi connectivity index (χ4n) is 3.01. The monoisotopic (exact) mass is 382 g/mol. The minimum absolute atomic E-state index is 0.267. The van der Waals surface area contributed by atoms with Gasteiger partial charge in [-0.3, -0.25) is 9.59 Å². The van der Waals surface area contributed by atoms with Crippen molar-refractivity contribution in [2.24, 2.45) is 0 Å². The Labute approximate surface area is 152 Å². The first kappa shape index (κ1) is 18.8. The molecule has 1 N–H and O–H groups in total. The molecule has 0 saturated carbocycles. The minimum Gasteiger partial charge on any atom is -0.466 e. The van der Waals surface area contributed by atoms with Crippen LogP contribution in [0.1, 0.15) is 28.3 Å². The molecule has 0 radical (unpaired) electrons. The van der Waals surface area contributed by atoms with Crippen LogP contribution in [0.15, 0.2) is 34.7 Å². The van der Waals surface area contributed by atoms with Gasteiger partial charge >= 0.3 is 6.36 Å². The Hall–Kier alpha value is -2.97. The van der Waals surface area contributed by atoms with Gasteiger partial charge in [0.15, 0.2) is 0 Å². The van der Waals surface area contributed by atoms with Crippen LogP contribution in [-0.4, -0.2) is 30.8 Å². The van der Waals surface area contributed by atoms with Gasteiger partial charge in [-0.15, -0.1) is 13.2 Å². The number of amides is 2. The van der Waals surface area contributed by atoms with Gasteiger partial charge in [0, 0.05) is 18.3 Å². The van der Waals surface area contributed by atoms with E-state index >= 15 is 0 Å². The normalized spacial score (nSPS) is 17.3. The zero-order chi connectivity index (χ0) is 19.8. The number of aryl methyl sites for hydroxylation is 2. The largest absolute Gasteiger partial charge is 0.573 e. The maximum atomic E-state index is 12.6. The Balaban J connectivity index is 1.71. The van der Waals surface area contributed by atoms with Gasteiger partial charge < -0.3 is 19.4 Å². The van der Waals surface area contributed by atoms with E-state index in [0.717, 1.165) is 12.1 Å². The highest BCUT2D eigenvalue weighted by molar-refractivity contribution is 6.04. The highest BCUT2D eigenvalue weighted by Crippen LogP contribution is 2.29. The smallest absolute Gasteiger partial charge is 0.466 e. The van der Waals surface area contributed by atoms with Crippen molar-refractivity contribution in [1.82, 2.24) is 5.32 Å². The molecule has 0 aliphatic carbocycles. The SMILES string of the molecule is Cc1cc(C(=O)NC2CCN(c3cccc(OC(F)(F)F)c3)C2=O)c(C)o1. The molecule has 27 heavy (non-hydrogen) atoms. The molecule has 3 rings (SSSR count). The van der Waals surface area contributed by atoms with Gasteiger partial charge in [-0.05, 0) is 38.5 Å². The van der Waals surface area contributed by atoms with E-state index in [1.54, 1.807) is 19.9 Å². The molecule has 0 spiro atoms. The maximum Gasteiger partial charge on any atom is 0.573 e. The molecule has 1 atom stereocenters. The molecule has 1 aromatic carbocycles. The fourth-order valence-corrected chi connectivity index (χ4v) is 3.01. The number of carbonyl (C=O) groups excluding carboxylic acids is 2. The lowest BCUT2D eigenvalue weighted by Crippen LogP contribution is -2.41. The van der Waals surface area contributed by atoms with Crippen LogP contribution in [0.5, 0.6) is 5.75 Å². The second kappa shape index (κ2) is 6.98. The number of furan rings is 1. The van der Waals surface area contributed by atoms with E-state index in [9.17, 15) is 22.8 Å². The lowest BCUT2D eigenvalue weighted by Gasteiger charge is -2.18. The van der Waals surface area contributed by atoms with E-state index in [1.165, 1.54) is 17.0 Å². The van der Waals surface area contributed by atoms with Gasteiger partial charge in [-0.1, -0.05) is 6.07 Å². The molecule has 0 bridgehead atoms. The van der Waals surface area contributed by atoms with Gasteiger partial charge in [0.1, 0.15) is 23.3 Å². The molecular formula is C18H17F3N2O4. The van der Waals surface area contributed by atoms with Gasteiger partial charge in [0.25, 0.3) is 5.91 Å². The van der Waals surface area contributed by atoms with Gasteiger partial charge in [0.2, 0.25) is 5.91 Å². The molecule has 2 aromatic rings. The van der Waals surface area contributed by atoms with Crippen molar-refractivity contribution in [3.8, 4) is 5.75 Å². The number of nitrogens with zero attached hydrogens (tertiary/aromatic N) is 1. The summed E-state index contributed by atoms with van der Waals surface area (Å²) >= 11 is 0. The maximum absolute atomic E-state index is 12.6. The summed E-state index contributed by atoms with van der Waals surface area (Å²) in [7, 11) is 0. The van der Waals surface area contributed by atoms with Crippen LogP contribution >= 0.6 is 0 Å². The topological polar surface area (TPSA) is 71.8 Å². The second-order valence-corrected chi connectivity index (χ2v) is 6.18. The number of anilines is 1. The predicted octanol–water partition coefficient (Wildman–Crippen LogP) is 3.33. The molecule has 2 heterocycles. The third-order valence-electron chi connectivity index (χ3n) is 4.16. The molecular weight excluding hydrogens is 365 g/mol. The molecule has 1 saturated heterocycles. The molecule has 1 aliphatic rings. The van der Waals surface area contributed by atoms with E-state index in [0.29, 0.717) is 23.5 Å². The van der Waals surface area contributed by atoms with E-state index in [4.69, 9.17) is 4.42 Å². The summed E-state index contributed by atoms with van der Waals surface area (Å²) in [6.45, 7) is 3.63. The first-order valence-corrected chi connectivity index (χ1v) is 8.19. The number of nitrogens with one attached hydrogen (secondary N) is 1. The quantitative estimate of drug-likeness (QED) is 0.881. The van der Waals surface area contributed by atoms with Gasteiger partial charge in [-0.2, -0.15) is 0 Å². The average Bonchev–Trinajstić information content (AvgIpc) is 3.08. The van der Waals surface area contributed by atoms with Crippen LogP contribution in [0, 0.1) is 13.8 Å². The summed E-state index contributed by atoms with van der Waals surface area (Å²) in [6.07, 6.45) is -4.48. The summed E-state index contributed by atoms with van der Waals surface area (Å²) in [5.41, 5.74) is 0.619. The van der Waals surface area contributed by atoms with E-state index in [1.807, 2.05) is 0 Å². The molecule has 9 heteroatoms. The predicted molar refractivity (Wildman–Crippen MR) is 89.5 cm³/mol. The zero-order valence-electron chi connectivity index (χ0n) is 14.6. The number of rotatable bonds is 4. The van der Waals surface area contributed by atoms with Gasteiger partial charge in [-0.25, -0.2) is 0 Å². The molecule has 144 valence electrons. The van der Waals surface area contributed by atoms with Crippen LogP contribution in [0.2, 0.25) is 0 Å². The molecule has 1 unspecified atom stereocenters. The van der Waals surface area contributed by atoms with Crippen LogP contribution in [0.25, 0.3) is 0 Å². The third-order valence-corrected chi connectivity index (χ3v) is 4.16. The number of benzene rings is 1.